The number of hydrogen-bond donors (Lipinski definition) is 2. The second-order valence-electron chi connectivity index (χ2n) is 7.60. The minimum absolute atomic E-state index is 0.0677. The summed E-state index contributed by atoms with van der Waals surface area (Å²) in [7, 11) is 0. The zero-order valence-corrected chi connectivity index (χ0v) is 16.0. The number of rotatable bonds is 8. The van der Waals surface area contributed by atoms with Gasteiger partial charge in [0.2, 0.25) is 5.91 Å². The number of amides is 1. The van der Waals surface area contributed by atoms with Crippen molar-refractivity contribution in [3.05, 3.63) is 23.3 Å². The monoisotopic (exact) mass is 351 g/mol. The lowest BCUT2D eigenvalue weighted by Gasteiger charge is -2.27. The fraction of sp³-hybridized carbons (Fsp3) is 0.700. The van der Waals surface area contributed by atoms with E-state index in [4.69, 9.17) is 10.5 Å². The Morgan fingerprint density at radius 1 is 1.40 bits per heavy atom. The molecule has 0 radical (unpaired) electrons. The molecule has 1 saturated heterocycles. The van der Waals surface area contributed by atoms with E-state index >= 15 is 0 Å². The Labute approximate surface area is 151 Å². The molecule has 0 bridgehead atoms. The second kappa shape index (κ2) is 9.88. The average molecular weight is 351 g/mol. The van der Waals surface area contributed by atoms with Crippen LogP contribution in [0, 0.1) is 5.92 Å². The molecule has 3 N–H and O–H groups in total. The number of carbonyl (C=O) groups excluding carboxylic acids is 2. The lowest BCUT2D eigenvalue weighted by molar-refractivity contribution is -0.140. The number of nitrogens with two attached hydrogens (primary N) is 1. The molecule has 3 atom stereocenters. The summed E-state index contributed by atoms with van der Waals surface area (Å²) in [6.07, 6.45) is 6.88. The van der Waals surface area contributed by atoms with Gasteiger partial charge in [0.1, 0.15) is 5.60 Å². The van der Waals surface area contributed by atoms with Crippen LogP contribution in [0.1, 0.15) is 66.2 Å². The highest BCUT2D eigenvalue weighted by Crippen LogP contribution is 2.29. The molecule has 0 saturated carbocycles. The molecule has 142 valence electrons. The smallest absolute Gasteiger partial charge is 0.241 e. The van der Waals surface area contributed by atoms with Gasteiger partial charge in [0.25, 0.3) is 0 Å². The van der Waals surface area contributed by atoms with Gasteiger partial charge in [-0.1, -0.05) is 18.6 Å². The van der Waals surface area contributed by atoms with Crippen molar-refractivity contribution in [3.63, 3.8) is 0 Å². The highest BCUT2D eigenvalue weighted by atomic mass is 16.5. The Balaban J connectivity index is 2.53. The van der Waals surface area contributed by atoms with E-state index in [0.717, 1.165) is 18.4 Å². The van der Waals surface area contributed by atoms with Crippen molar-refractivity contribution in [2.45, 2.75) is 77.9 Å². The predicted molar refractivity (Wildman–Crippen MR) is 98.9 cm³/mol. The first-order valence-electron chi connectivity index (χ1n) is 9.11. The van der Waals surface area contributed by atoms with Crippen LogP contribution in [0.4, 0.5) is 0 Å². The van der Waals surface area contributed by atoms with E-state index in [1.165, 1.54) is 11.6 Å². The highest BCUT2D eigenvalue weighted by molar-refractivity contribution is 5.89. The van der Waals surface area contributed by atoms with E-state index in [9.17, 15) is 14.7 Å². The maximum atomic E-state index is 12.4. The number of hydrogen-bond acceptors (Lipinski definition) is 4. The Bertz CT molecular complexity index is 534. The topological polar surface area (TPSA) is 89.6 Å². The van der Waals surface area contributed by atoms with Crippen molar-refractivity contribution in [3.8, 4) is 0 Å². The third kappa shape index (κ3) is 7.53. The molecule has 2 unspecified atom stereocenters. The summed E-state index contributed by atoms with van der Waals surface area (Å²) >= 11 is 0. The van der Waals surface area contributed by atoms with Gasteiger partial charge in [-0.2, -0.15) is 0 Å². The van der Waals surface area contributed by atoms with E-state index in [-0.39, 0.29) is 24.4 Å². The van der Waals surface area contributed by atoms with Crippen molar-refractivity contribution in [2.24, 2.45) is 11.7 Å². The van der Waals surface area contributed by atoms with Gasteiger partial charge in [-0.25, -0.2) is 0 Å². The summed E-state index contributed by atoms with van der Waals surface area (Å²) < 4.78 is 5.84. The van der Waals surface area contributed by atoms with Crippen LogP contribution < -0.4 is 5.73 Å². The molecule has 0 aliphatic carbocycles. The van der Waals surface area contributed by atoms with Crippen molar-refractivity contribution in [1.82, 2.24) is 0 Å². The first kappa shape index (κ1) is 21.6. The summed E-state index contributed by atoms with van der Waals surface area (Å²) in [6.45, 7) is 8.17. The normalized spacial score (nSPS) is 25.3. The van der Waals surface area contributed by atoms with Crippen LogP contribution >= 0.6 is 0 Å². The van der Waals surface area contributed by atoms with Crippen LogP contribution in [0.15, 0.2) is 23.3 Å². The first-order chi connectivity index (χ1) is 11.6. The molecule has 5 nitrogen and oxygen atoms in total. The lowest BCUT2D eigenvalue weighted by Crippen LogP contribution is -2.37. The van der Waals surface area contributed by atoms with Crippen LogP contribution in [0.3, 0.4) is 0 Å². The molecule has 0 spiro atoms. The minimum atomic E-state index is -0.822. The van der Waals surface area contributed by atoms with Gasteiger partial charge in [0.05, 0.1) is 12.7 Å². The van der Waals surface area contributed by atoms with E-state index < -0.39 is 11.5 Å². The lowest BCUT2D eigenvalue weighted by atomic mass is 9.88. The molecule has 1 aliphatic rings. The second-order valence-corrected chi connectivity index (χ2v) is 7.60. The third-order valence-electron chi connectivity index (χ3n) is 4.92. The van der Waals surface area contributed by atoms with Crippen LogP contribution in [0.5, 0.6) is 0 Å². The number of ether oxygens (including phenoxy) is 1. The standard InChI is InChI=1S/C20H33NO4/c1-14(2)7-9-17(22)15(3)6-5-11-20(4)18(23)10-8-16(13-25-20)12-19(21)24/h7,12,15,17,22H,5-6,8-11,13H2,1-4H3,(H2,21,24)/b16-12+/t15?,17?,20-/m0/s1. The molecule has 1 rings (SSSR count). The Morgan fingerprint density at radius 2 is 2.08 bits per heavy atom. The number of aliphatic hydroxyl groups excluding tert-OH is 1. The first-order valence-corrected chi connectivity index (χ1v) is 9.11. The van der Waals surface area contributed by atoms with E-state index in [0.29, 0.717) is 25.7 Å². The number of Topliss-reactive ketones (excluding diaryl/α,β-unsaturated/α-hetero) is 1. The molecule has 1 fully saturated rings. The van der Waals surface area contributed by atoms with Crippen molar-refractivity contribution >= 4 is 11.7 Å². The van der Waals surface area contributed by atoms with Crippen LogP contribution in [-0.2, 0) is 14.3 Å². The molecular weight excluding hydrogens is 318 g/mol. The summed E-state index contributed by atoms with van der Waals surface area (Å²) in [5.74, 6) is -0.266. The van der Waals surface area contributed by atoms with Gasteiger partial charge in [-0.15, -0.1) is 0 Å². The fourth-order valence-electron chi connectivity index (χ4n) is 3.01. The van der Waals surface area contributed by atoms with Crippen LogP contribution in [0.2, 0.25) is 0 Å². The fourth-order valence-corrected chi connectivity index (χ4v) is 3.01. The number of carbonyl (C=O) groups is 2. The summed E-state index contributed by atoms with van der Waals surface area (Å²) in [5.41, 5.74) is 6.33. The Morgan fingerprint density at radius 3 is 2.68 bits per heavy atom. The van der Waals surface area contributed by atoms with Gasteiger partial charge in [0, 0.05) is 12.5 Å². The van der Waals surface area contributed by atoms with E-state index in [1.807, 2.05) is 33.8 Å². The number of aliphatic hydroxyl groups is 1. The summed E-state index contributed by atoms with van der Waals surface area (Å²) in [5, 5.41) is 10.2. The maximum Gasteiger partial charge on any atom is 0.241 e. The molecule has 1 heterocycles. The maximum absolute atomic E-state index is 12.4. The zero-order valence-electron chi connectivity index (χ0n) is 16.0. The Hall–Kier alpha value is -1.46. The van der Waals surface area contributed by atoms with Crippen LogP contribution in [0.25, 0.3) is 0 Å². The molecule has 0 aromatic heterocycles. The van der Waals surface area contributed by atoms with Gasteiger partial charge < -0.3 is 15.6 Å². The molecule has 0 aromatic rings. The van der Waals surface area contributed by atoms with E-state index in [2.05, 4.69) is 0 Å². The largest absolute Gasteiger partial charge is 0.393 e. The van der Waals surface area contributed by atoms with Crippen molar-refractivity contribution < 1.29 is 19.4 Å². The van der Waals surface area contributed by atoms with Gasteiger partial charge in [-0.05, 0) is 64.4 Å². The number of primary amides is 1. The molecule has 1 amide bonds. The third-order valence-corrected chi connectivity index (χ3v) is 4.92. The molecule has 5 heteroatoms. The highest BCUT2D eigenvalue weighted by Gasteiger charge is 2.35. The summed E-state index contributed by atoms with van der Waals surface area (Å²) in [4.78, 5) is 23.4. The van der Waals surface area contributed by atoms with Crippen molar-refractivity contribution in [2.75, 3.05) is 6.61 Å². The van der Waals surface area contributed by atoms with Crippen LogP contribution in [-0.4, -0.2) is 35.1 Å². The summed E-state index contributed by atoms with van der Waals surface area (Å²) in [6, 6.07) is 0. The quantitative estimate of drug-likeness (QED) is 0.519. The van der Waals surface area contributed by atoms with Crippen molar-refractivity contribution in [1.29, 1.82) is 0 Å². The predicted octanol–water partition coefficient (Wildman–Crippen LogP) is 3.06. The Kier molecular flexibility index (Phi) is 8.53. The molecular formula is C20H33NO4. The van der Waals surface area contributed by atoms with E-state index in [1.54, 1.807) is 0 Å². The van der Waals surface area contributed by atoms with Gasteiger partial charge in [0.15, 0.2) is 5.78 Å². The molecule has 0 aromatic carbocycles. The average Bonchev–Trinajstić information content (AvgIpc) is 2.66. The SMILES string of the molecule is CC(C)=CCC(O)C(C)CCC[C@]1(C)OC/C(=C/C(N)=O)CCC1=O. The zero-order chi connectivity index (χ0) is 19.0. The minimum Gasteiger partial charge on any atom is -0.393 e. The number of allylic oxidation sites excluding steroid dienone is 1. The van der Waals surface area contributed by atoms with Gasteiger partial charge in [-0.3, -0.25) is 9.59 Å². The van der Waals surface area contributed by atoms with Gasteiger partial charge >= 0.3 is 0 Å². The molecule has 1 aliphatic heterocycles. The molecule has 25 heavy (non-hydrogen) atoms. The number of ketones is 1.